The van der Waals surface area contributed by atoms with Gasteiger partial charge < -0.3 is 10.2 Å². The first-order chi connectivity index (χ1) is 13.6. The molecule has 4 heteroatoms. The Labute approximate surface area is 175 Å². The molecule has 0 heterocycles. The number of carboxylic acids is 2. The first-order valence-electron chi connectivity index (χ1n) is 11.4. The van der Waals surface area contributed by atoms with Gasteiger partial charge in [0.25, 0.3) is 0 Å². The summed E-state index contributed by atoms with van der Waals surface area (Å²) in [5, 5.41) is 18.0. The van der Waals surface area contributed by atoms with Crippen LogP contribution in [0.4, 0.5) is 0 Å². The van der Waals surface area contributed by atoms with Gasteiger partial charge in [-0.1, -0.05) is 52.0 Å². The summed E-state index contributed by atoms with van der Waals surface area (Å²) in [6.07, 6.45) is 15.1. The summed E-state index contributed by atoms with van der Waals surface area (Å²) in [6.45, 7) is 8.36. The van der Waals surface area contributed by atoms with E-state index in [2.05, 4.69) is 45.1 Å². The van der Waals surface area contributed by atoms with E-state index in [9.17, 15) is 9.59 Å². The smallest absolute Gasteiger partial charge is 0.306 e. The molecule has 0 aromatic heterocycles. The number of allylic oxidation sites excluding steroid dienone is 4. The average molecular weight is 403 g/mol. The van der Waals surface area contributed by atoms with E-state index in [1.807, 2.05) is 6.92 Å². The van der Waals surface area contributed by atoms with Crippen LogP contribution in [-0.2, 0) is 9.59 Å². The van der Waals surface area contributed by atoms with Crippen molar-refractivity contribution in [1.82, 2.24) is 0 Å². The van der Waals surface area contributed by atoms with Gasteiger partial charge in [-0.05, 0) is 78.9 Å². The Morgan fingerprint density at radius 1 is 1.00 bits per heavy atom. The Kier molecular flexibility index (Phi) is 6.60. The van der Waals surface area contributed by atoms with Crippen molar-refractivity contribution in [2.75, 3.05) is 0 Å². The number of fused-ring (bicyclic) bond motifs is 4. The molecule has 29 heavy (non-hydrogen) atoms. The first-order valence-corrected chi connectivity index (χ1v) is 11.4. The summed E-state index contributed by atoms with van der Waals surface area (Å²) in [5.41, 5.74) is -0.0468. The molecule has 8 unspecified atom stereocenters. The molecule has 0 amide bonds. The van der Waals surface area contributed by atoms with Gasteiger partial charge in [-0.25, -0.2) is 0 Å². The highest BCUT2D eigenvalue weighted by molar-refractivity contribution is 5.70. The molecule has 4 nitrogen and oxygen atoms in total. The second-order valence-electron chi connectivity index (χ2n) is 10.7. The van der Waals surface area contributed by atoms with E-state index in [4.69, 9.17) is 10.2 Å². The minimum absolute atomic E-state index is 0.0468. The molecule has 2 N–H and O–H groups in total. The molecule has 0 aromatic carbocycles. The molecule has 4 aliphatic carbocycles. The van der Waals surface area contributed by atoms with Crippen LogP contribution < -0.4 is 0 Å². The van der Waals surface area contributed by atoms with Crippen LogP contribution in [0.3, 0.4) is 0 Å². The molecule has 2 fully saturated rings. The van der Waals surface area contributed by atoms with E-state index in [1.54, 1.807) is 0 Å². The maximum Gasteiger partial charge on any atom is 0.306 e. The molecule has 0 aliphatic heterocycles. The van der Waals surface area contributed by atoms with Crippen molar-refractivity contribution >= 4 is 11.9 Å². The van der Waals surface area contributed by atoms with Crippen LogP contribution in [0.25, 0.3) is 0 Å². The number of carboxylic acid groups (broad SMARTS) is 2. The fourth-order valence-electron chi connectivity index (χ4n) is 6.70. The van der Waals surface area contributed by atoms with Gasteiger partial charge in [-0.3, -0.25) is 9.59 Å². The van der Waals surface area contributed by atoms with Crippen molar-refractivity contribution in [3.63, 3.8) is 0 Å². The summed E-state index contributed by atoms with van der Waals surface area (Å²) in [6, 6.07) is 0. The van der Waals surface area contributed by atoms with Crippen molar-refractivity contribution in [3.8, 4) is 0 Å². The molecular formula is C25H38O4. The lowest BCUT2D eigenvalue weighted by Gasteiger charge is -2.29. The zero-order valence-corrected chi connectivity index (χ0v) is 18.4. The van der Waals surface area contributed by atoms with E-state index < -0.39 is 11.9 Å². The minimum Gasteiger partial charge on any atom is -0.481 e. The van der Waals surface area contributed by atoms with Crippen LogP contribution in [-0.4, -0.2) is 22.2 Å². The lowest BCUT2D eigenvalue weighted by molar-refractivity contribution is -0.145. The van der Waals surface area contributed by atoms with E-state index in [0.29, 0.717) is 30.1 Å². The summed E-state index contributed by atoms with van der Waals surface area (Å²) in [4.78, 5) is 21.8. The largest absolute Gasteiger partial charge is 0.481 e. The maximum atomic E-state index is 11.1. The van der Waals surface area contributed by atoms with Crippen LogP contribution in [0.15, 0.2) is 24.3 Å². The van der Waals surface area contributed by atoms with Crippen LogP contribution in [0.2, 0.25) is 0 Å². The predicted molar refractivity (Wildman–Crippen MR) is 114 cm³/mol. The Morgan fingerprint density at radius 3 is 2.10 bits per heavy atom. The summed E-state index contributed by atoms with van der Waals surface area (Å²) >= 11 is 0. The van der Waals surface area contributed by atoms with Crippen molar-refractivity contribution in [2.45, 2.75) is 66.2 Å². The third kappa shape index (κ3) is 4.95. The van der Waals surface area contributed by atoms with E-state index in [1.165, 1.54) is 19.3 Å². The second kappa shape index (κ2) is 8.65. The Morgan fingerprint density at radius 2 is 1.66 bits per heavy atom. The van der Waals surface area contributed by atoms with Crippen molar-refractivity contribution in [3.05, 3.63) is 24.3 Å². The molecular weight excluding hydrogens is 364 g/mol. The number of rotatable bonds is 7. The van der Waals surface area contributed by atoms with Gasteiger partial charge in [0.15, 0.2) is 0 Å². The molecule has 0 saturated heterocycles. The van der Waals surface area contributed by atoms with E-state index >= 15 is 0 Å². The monoisotopic (exact) mass is 402 g/mol. The third-order valence-electron chi connectivity index (χ3n) is 8.01. The average Bonchev–Trinajstić information content (AvgIpc) is 3.37. The highest BCUT2D eigenvalue weighted by Crippen LogP contribution is 2.51. The zero-order valence-electron chi connectivity index (χ0n) is 18.4. The number of aliphatic carboxylic acids is 2. The molecule has 0 spiro atoms. The van der Waals surface area contributed by atoms with Crippen LogP contribution in [0, 0.1) is 52.8 Å². The fraction of sp³-hybridized carbons (Fsp3) is 0.760. The van der Waals surface area contributed by atoms with Crippen molar-refractivity contribution < 1.29 is 19.8 Å². The standard InChI is InChI=1S/C13H20O2.C12H18O2/c1-13(2,8-12(14)15)7-11-6-9-3-4-10(11)5-9;1-3-10(12(13)14)11-7(2)8-4-5-9(11)6-8/h3-4,9-11H,5-8H2,1-2H3,(H,14,15);4-5,7-11H,3,6H2,1-2H3,(H,13,14). The van der Waals surface area contributed by atoms with Gasteiger partial charge in [0.1, 0.15) is 0 Å². The van der Waals surface area contributed by atoms with Crippen LogP contribution in [0.5, 0.6) is 0 Å². The van der Waals surface area contributed by atoms with Gasteiger partial charge in [0.2, 0.25) is 0 Å². The van der Waals surface area contributed by atoms with E-state index in [0.717, 1.165) is 30.6 Å². The van der Waals surface area contributed by atoms with Gasteiger partial charge in [0.05, 0.1) is 12.3 Å². The van der Waals surface area contributed by atoms with Gasteiger partial charge in [0, 0.05) is 0 Å². The molecule has 162 valence electrons. The zero-order chi connectivity index (χ0) is 21.3. The van der Waals surface area contributed by atoms with Crippen molar-refractivity contribution in [1.29, 1.82) is 0 Å². The van der Waals surface area contributed by atoms with Gasteiger partial charge in [-0.2, -0.15) is 0 Å². The number of hydrogen-bond donors (Lipinski definition) is 2. The predicted octanol–water partition coefficient (Wildman–Crippen LogP) is 5.65. The quantitative estimate of drug-likeness (QED) is 0.540. The van der Waals surface area contributed by atoms with Crippen LogP contribution in [0.1, 0.15) is 66.2 Å². The Balaban J connectivity index is 0.000000166. The molecule has 4 rings (SSSR count). The SMILES string of the molecule is CC(C)(CC(=O)O)CC1CC2C=CC1C2.CCC(C(=O)O)C1C2C=CC(C2)C1C. The molecule has 4 aliphatic rings. The molecule has 2 saturated carbocycles. The fourth-order valence-corrected chi connectivity index (χ4v) is 6.70. The summed E-state index contributed by atoms with van der Waals surface area (Å²) in [7, 11) is 0. The third-order valence-corrected chi connectivity index (χ3v) is 8.01. The normalized spacial score (nSPS) is 37.4. The van der Waals surface area contributed by atoms with E-state index in [-0.39, 0.29) is 11.3 Å². The lowest BCUT2D eigenvalue weighted by Crippen LogP contribution is -2.30. The minimum atomic E-state index is -0.668. The van der Waals surface area contributed by atoms with Crippen molar-refractivity contribution in [2.24, 2.45) is 52.8 Å². The number of carbonyl (C=O) groups is 2. The van der Waals surface area contributed by atoms with Gasteiger partial charge >= 0.3 is 11.9 Å². The maximum absolute atomic E-state index is 11.1. The topological polar surface area (TPSA) is 74.6 Å². The summed E-state index contributed by atoms with van der Waals surface area (Å²) in [5.74, 6) is 2.99. The Hall–Kier alpha value is -1.58. The molecule has 8 atom stereocenters. The first kappa shape index (κ1) is 22.1. The number of hydrogen-bond acceptors (Lipinski definition) is 2. The highest BCUT2D eigenvalue weighted by atomic mass is 16.4. The van der Waals surface area contributed by atoms with Crippen LogP contribution >= 0.6 is 0 Å². The Bertz CT molecular complexity index is 676. The highest BCUT2D eigenvalue weighted by Gasteiger charge is 2.47. The summed E-state index contributed by atoms with van der Waals surface area (Å²) < 4.78 is 0. The second-order valence-corrected chi connectivity index (χ2v) is 10.7. The molecule has 0 aromatic rings. The van der Waals surface area contributed by atoms with Gasteiger partial charge in [-0.15, -0.1) is 0 Å². The lowest BCUT2D eigenvalue weighted by atomic mass is 9.75. The molecule has 0 radical (unpaired) electrons. The molecule has 4 bridgehead atoms.